The van der Waals surface area contributed by atoms with Crippen LogP contribution >= 0.6 is 23.4 Å². The normalized spacial score (nSPS) is 14.7. The largest absolute Gasteiger partial charge is 0.496 e. The van der Waals surface area contributed by atoms with Gasteiger partial charge < -0.3 is 15.0 Å². The van der Waals surface area contributed by atoms with Gasteiger partial charge in [-0.15, -0.1) is 0 Å². The molecule has 0 amide bonds. The predicted molar refractivity (Wildman–Crippen MR) is 142 cm³/mol. The molecule has 1 N–H and O–H groups in total. The summed E-state index contributed by atoms with van der Waals surface area (Å²) < 4.78 is 5.41. The zero-order valence-corrected chi connectivity index (χ0v) is 21.8. The second-order valence-electron chi connectivity index (χ2n) is 8.58. The Morgan fingerprint density at radius 2 is 1.88 bits per heavy atom. The number of benzene rings is 2. The van der Waals surface area contributed by atoms with Crippen LogP contribution in [0, 0.1) is 6.92 Å². The van der Waals surface area contributed by atoms with E-state index in [4.69, 9.17) is 21.3 Å². The molecule has 3 aromatic rings. The van der Waals surface area contributed by atoms with Crippen LogP contribution < -0.4 is 15.0 Å². The highest BCUT2D eigenvalue weighted by atomic mass is 35.5. The average Bonchev–Trinajstić information content (AvgIpc) is 2.86. The molecule has 1 aliphatic heterocycles. The van der Waals surface area contributed by atoms with Crippen LogP contribution in [0.4, 0.5) is 11.8 Å². The smallest absolute Gasteiger partial charge is 0.225 e. The van der Waals surface area contributed by atoms with Crippen molar-refractivity contribution in [2.75, 3.05) is 44.5 Å². The molecule has 0 aliphatic carbocycles. The maximum absolute atomic E-state index is 6.69. The van der Waals surface area contributed by atoms with Crippen LogP contribution in [0.2, 0.25) is 5.15 Å². The molecule has 0 saturated carbocycles. The number of ether oxygens (including phenoxy) is 1. The molecule has 2 heterocycles. The van der Waals surface area contributed by atoms with Gasteiger partial charge in [0.15, 0.2) is 5.15 Å². The fourth-order valence-electron chi connectivity index (χ4n) is 4.36. The van der Waals surface area contributed by atoms with Crippen molar-refractivity contribution in [1.82, 2.24) is 14.9 Å². The SMILES string of the molecule is CNc1nc(Cl)c(Sc2ccc(OC)c(C)c2)c(N(C)C2CCN(Cc3ccccc3)CC2)n1. The molecule has 1 aromatic heterocycles. The van der Waals surface area contributed by atoms with Crippen molar-refractivity contribution in [3.05, 3.63) is 64.8 Å². The van der Waals surface area contributed by atoms with Crippen LogP contribution in [0.1, 0.15) is 24.0 Å². The lowest BCUT2D eigenvalue weighted by Gasteiger charge is -2.38. The van der Waals surface area contributed by atoms with E-state index in [0.29, 0.717) is 17.1 Å². The maximum atomic E-state index is 6.69. The van der Waals surface area contributed by atoms with Gasteiger partial charge >= 0.3 is 0 Å². The van der Waals surface area contributed by atoms with Gasteiger partial charge in [0, 0.05) is 44.7 Å². The lowest BCUT2D eigenvalue weighted by atomic mass is 10.0. The van der Waals surface area contributed by atoms with Gasteiger partial charge in [0.25, 0.3) is 0 Å². The zero-order chi connectivity index (χ0) is 24.1. The first-order valence-corrected chi connectivity index (χ1v) is 12.7. The molecule has 0 spiro atoms. The Balaban J connectivity index is 1.52. The first-order chi connectivity index (χ1) is 16.5. The summed E-state index contributed by atoms with van der Waals surface area (Å²) in [6.45, 7) is 5.16. The summed E-state index contributed by atoms with van der Waals surface area (Å²) in [7, 11) is 5.63. The molecule has 6 nitrogen and oxygen atoms in total. The summed E-state index contributed by atoms with van der Waals surface area (Å²) in [5.74, 6) is 2.27. The van der Waals surface area contributed by atoms with E-state index in [1.807, 2.05) is 26.1 Å². The first-order valence-electron chi connectivity index (χ1n) is 11.6. The van der Waals surface area contributed by atoms with Gasteiger partial charge in [0.05, 0.1) is 12.0 Å². The predicted octanol–water partition coefficient (Wildman–Crippen LogP) is 5.74. The van der Waals surface area contributed by atoms with Crippen molar-refractivity contribution in [1.29, 1.82) is 0 Å². The van der Waals surface area contributed by atoms with E-state index in [1.54, 1.807) is 18.9 Å². The topological polar surface area (TPSA) is 53.5 Å². The fraction of sp³-hybridized carbons (Fsp3) is 0.385. The van der Waals surface area contributed by atoms with Crippen LogP contribution in [-0.2, 0) is 6.54 Å². The minimum atomic E-state index is 0.389. The van der Waals surface area contributed by atoms with Gasteiger partial charge in [-0.1, -0.05) is 53.7 Å². The molecule has 1 saturated heterocycles. The molecular weight excluding hydrogens is 466 g/mol. The van der Waals surface area contributed by atoms with Crippen LogP contribution in [0.25, 0.3) is 0 Å². The number of rotatable bonds is 8. The average molecular weight is 498 g/mol. The molecular formula is C26H32ClN5OS. The second-order valence-corrected chi connectivity index (χ2v) is 10.0. The Labute approximate surface area is 211 Å². The molecule has 0 bridgehead atoms. The summed E-state index contributed by atoms with van der Waals surface area (Å²) in [4.78, 5) is 16.0. The highest BCUT2D eigenvalue weighted by Crippen LogP contribution is 2.41. The van der Waals surface area contributed by atoms with Gasteiger partial charge in [0.1, 0.15) is 11.6 Å². The number of hydrogen-bond donors (Lipinski definition) is 1. The lowest BCUT2D eigenvalue weighted by molar-refractivity contribution is 0.203. The van der Waals surface area contributed by atoms with E-state index in [1.165, 1.54) is 5.56 Å². The third kappa shape index (κ3) is 5.77. The molecule has 4 rings (SSSR count). The third-order valence-electron chi connectivity index (χ3n) is 6.30. The van der Waals surface area contributed by atoms with Crippen molar-refractivity contribution in [2.24, 2.45) is 0 Å². The van der Waals surface area contributed by atoms with E-state index in [0.717, 1.165) is 59.4 Å². The summed E-state index contributed by atoms with van der Waals surface area (Å²) in [5, 5.41) is 3.51. The minimum absolute atomic E-state index is 0.389. The zero-order valence-electron chi connectivity index (χ0n) is 20.2. The molecule has 1 aliphatic rings. The molecule has 180 valence electrons. The molecule has 2 aromatic carbocycles. The fourth-order valence-corrected chi connectivity index (χ4v) is 5.66. The molecule has 0 radical (unpaired) electrons. The van der Waals surface area contributed by atoms with Crippen molar-refractivity contribution < 1.29 is 4.74 Å². The van der Waals surface area contributed by atoms with Crippen LogP contribution in [0.5, 0.6) is 5.75 Å². The first kappa shape index (κ1) is 24.6. The van der Waals surface area contributed by atoms with Crippen LogP contribution in [0.15, 0.2) is 58.3 Å². The van der Waals surface area contributed by atoms with E-state index in [-0.39, 0.29) is 0 Å². The number of methoxy groups -OCH3 is 1. The molecule has 0 atom stereocenters. The van der Waals surface area contributed by atoms with Crippen molar-refractivity contribution in [3.8, 4) is 5.75 Å². The summed E-state index contributed by atoms with van der Waals surface area (Å²) in [6, 6.07) is 17.2. The van der Waals surface area contributed by atoms with E-state index >= 15 is 0 Å². The Morgan fingerprint density at radius 3 is 2.53 bits per heavy atom. The third-order valence-corrected chi connectivity index (χ3v) is 7.76. The summed E-state index contributed by atoms with van der Waals surface area (Å²) >= 11 is 8.28. The minimum Gasteiger partial charge on any atom is -0.496 e. The van der Waals surface area contributed by atoms with Crippen molar-refractivity contribution >= 4 is 35.1 Å². The number of halogens is 1. The maximum Gasteiger partial charge on any atom is 0.225 e. The standard InChI is InChI=1S/C26H32ClN5OS/c1-18-16-21(10-11-22(18)33-4)34-23-24(27)29-26(28-2)30-25(23)31(3)20-12-14-32(15-13-20)17-19-8-6-5-7-9-19/h5-11,16,20H,12-15,17H2,1-4H3,(H,28,29,30). The quantitative estimate of drug-likeness (QED) is 0.398. The molecule has 1 fully saturated rings. The second kappa shape index (κ2) is 11.3. The highest BCUT2D eigenvalue weighted by Gasteiger charge is 2.27. The van der Waals surface area contributed by atoms with Crippen molar-refractivity contribution in [3.63, 3.8) is 0 Å². The number of hydrogen-bond acceptors (Lipinski definition) is 7. The number of piperidine rings is 1. The number of anilines is 2. The van der Waals surface area contributed by atoms with E-state index < -0.39 is 0 Å². The van der Waals surface area contributed by atoms with Crippen molar-refractivity contribution in [2.45, 2.75) is 42.1 Å². The van der Waals surface area contributed by atoms with Crippen LogP contribution in [0.3, 0.4) is 0 Å². The number of aryl methyl sites for hydroxylation is 1. The Hall–Kier alpha value is -2.48. The Bertz CT molecular complexity index is 1110. The monoisotopic (exact) mass is 497 g/mol. The highest BCUT2D eigenvalue weighted by molar-refractivity contribution is 7.99. The van der Waals surface area contributed by atoms with E-state index in [9.17, 15) is 0 Å². The molecule has 34 heavy (non-hydrogen) atoms. The summed E-state index contributed by atoms with van der Waals surface area (Å²) in [5.41, 5.74) is 2.45. The Morgan fingerprint density at radius 1 is 1.15 bits per heavy atom. The molecule has 0 unspecified atom stereocenters. The Kier molecular flexibility index (Phi) is 8.19. The molecule has 8 heteroatoms. The van der Waals surface area contributed by atoms with E-state index in [2.05, 4.69) is 63.5 Å². The van der Waals surface area contributed by atoms with Gasteiger partial charge in [-0.25, -0.2) is 0 Å². The van der Waals surface area contributed by atoms with Gasteiger partial charge in [-0.3, -0.25) is 4.90 Å². The number of aromatic nitrogens is 2. The number of nitrogens with one attached hydrogen (secondary N) is 1. The lowest BCUT2D eigenvalue weighted by Crippen LogP contribution is -2.43. The van der Waals surface area contributed by atoms with Crippen LogP contribution in [-0.4, -0.2) is 55.2 Å². The summed E-state index contributed by atoms with van der Waals surface area (Å²) in [6.07, 6.45) is 2.15. The number of nitrogens with zero attached hydrogens (tertiary/aromatic N) is 4. The van der Waals surface area contributed by atoms with Gasteiger partial charge in [-0.05, 0) is 49.1 Å². The van der Waals surface area contributed by atoms with Gasteiger partial charge in [0.2, 0.25) is 5.95 Å². The van der Waals surface area contributed by atoms with Gasteiger partial charge in [-0.2, -0.15) is 9.97 Å². The number of likely N-dealkylation sites (tertiary alicyclic amines) is 1.